The average molecular weight is 390 g/mol. The van der Waals surface area contributed by atoms with Crippen molar-refractivity contribution >= 4 is 15.7 Å². The van der Waals surface area contributed by atoms with Crippen LogP contribution in [0.3, 0.4) is 0 Å². The lowest BCUT2D eigenvalue weighted by atomic mass is 10.2. The number of nitro groups is 1. The van der Waals surface area contributed by atoms with Crippen LogP contribution in [-0.2, 0) is 16.6 Å². The van der Waals surface area contributed by atoms with Crippen LogP contribution in [0.4, 0.5) is 5.69 Å². The lowest BCUT2D eigenvalue weighted by Gasteiger charge is -2.22. The Morgan fingerprint density at radius 2 is 1.93 bits per heavy atom. The summed E-state index contributed by atoms with van der Waals surface area (Å²) >= 11 is 0. The van der Waals surface area contributed by atoms with Gasteiger partial charge in [-0.15, -0.1) is 6.58 Å². The maximum Gasteiger partial charge on any atom is 0.289 e. The van der Waals surface area contributed by atoms with E-state index in [1.54, 1.807) is 24.3 Å². The summed E-state index contributed by atoms with van der Waals surface area (Å²) in [5, 5.41) is 11.3. The lowest BCUT2D eigenvalue weighted by molar-refractivity contribution is -0.387. The molecule has 142 valence electrons. The fraction of sp³-hybridized carbons (Fsp3) is 0.222. The molecule has 0 saturated carbocycles. The molecule has 0 atom stereocenters. The lowest BCUT2D eigenvalue weighted by Crippen LogP contribution is -2.32. The number of rotatable bonds is 8. The second-order valence-electron chi connectivity index (χ2n) is 5.83. The summed E-state index contributed by atoms with van der Waals surface area (Å²) < 4.78 is 38.1. The highest BCUT2D eigenvalue weighted by atomic mass is 32.2. The first kappa shape index (κ1) is 18.9. The average Bonchev–Trinajstić information content (AvgIpc) is 3.12. The second-order valence-corrected chi connectivity index (χ2v) is 7.73. The Bertz CT molecular complexity index is 974. The summed E-state index contributed by atoms with van der Waals surface area (Å²) in [6, 6.07) is 10.5. The summed E-state index contributed by atoms with van der Waals surface area (Å²) in [7, 11) is -4.09. The molecule has 8 nitrogen and oxygen atoms in total. The predicted octanol–water partition coefficient (Wildman–Crippen LogP) is 3.09. The van der Waals surface area contributed by atoms with Gasteiger partial charge in [0.25, 0.3) is 5.69 Å². The molecule has 1 heterocycles. The minimum Gasteiger partial charge on any atom is -0.454 e. The molecule has 3 rings (SSSR count). The molecule has 0 unspecified atom stereocenters. The smallest absolute Gasteiger partial charge is 0.289 e. The fourth-order valence-corrected chi connectivity index (χ4v) is 4.33. The molecular formula is C18H18N2O6S. The Hall–Kier alpha value is -2.91. The molecule has 1 aliphatic heterocycles. The number of nitrogens with zero attached hydrogens (tertiary/aromatic N) is 2. The van der Waals surface area contributed by atoms with E-state index in [1.807, 2.05) is 0 Å². The van der Waals surface area contributed by atoms with Crippen LogP contribution in [0.15, 0.2) is 60.0 Å². The van der Waals surface area contributed by atoms with E-state index in [1.165, 1.54) is 28.6 Å². The molecule has 0 aromatic heterocycles. The monoisotopic (exact) mass is 390 g/mol. The van der Waals surface area contributed by atoms with Crippen LogP contribution in [0, 0.1) is 10.1 Å². The Morgan fingerprint density at radius 3 is 2.67 bits per heavy atom. The standard InChI is InChI=1S/C18H18N2O6S/c1-2-3-10-19(12-14-8-9-16-17(11-14)26-13-25-16)27(23,24)18-7-5-4-6-15(18)20(21)22/h2,4-9,11H,1,3,10,12-13H2. The number of sulfonamides is 1. The van der Waals surface area contributed by atoms with Gasteiger partial charge in [0.05, 0.1) is 4.92 Å². The highest BCUT2D eigenvalue weighted by Crippen LogP contribution is 2.34. The van der Waals surface area contributed by atoms with Crippen molar-refractivity contribution in [1.82, 2.24) is 4.31 Å². The molecule has 2 aromatic carbocycles. The van der Waals surface area contributed by atoms with Gasteiger partial charge in [-0.25, -0.2) is 8.42 Å². The third kappa shape index (κ3) is 3.93. The minimum absolute atomic E-state index is 0.0405. The topological polar surface area (TPSA) is 99.0 Å². The normalized spacial score (nSPS) is 12.9. The van der Waals surface area contributed by atoms with Gasteiger partial charge in [0.1, 0.15) is 0 Å². The van der Waals surface area contributed by atoms with Crippen LogP contribution in [0.25, 0.3) is 0 Å². The molecule has 0 bridgehead atoms. The number of benzene rings is 2. The zero-order valence-corrected chi connectivity index (χ0v) is 15.2. The highest BCUT2D eigenvalue weighted by Gasteiger charge is 2.31. The van der Waals surface area contributed by atoms with E-state index in [9.17, 15) is 18.5 Å². The first-order valence-corrected chi connectivity index (χ1v) is 9.60. The van der Waals surface area contributed by atoms with Crippen molar-refractivity contribution in [2.24, 2.45) is 0 Å². The van der Waals surface area contributed by atoms with Crippen LogP contribution in [-0.4, -0.2) is 31.0 Å². The molecule has 0 radical (unpaired) electrons. The Kier molecular flexibility index (Phi) is 5.43. The maximum absolute atomic E-state index is 13.1. The third-order valence-corrected chi connectivity index (χ3v) is 5.95. The number of para-hydroxylation sites is 1. The molecule has 1 aliphatic rings. The largest absolute Gasteiger partial charge is 0.454 e. The molecule has 0 amide bonds. The van der Waals surface area contributed by atoms with E-state index in [4.69, 9.17) is 9.47 Å². The number of nitro benzene ring substituents is 1. The zero-order chi connectivity index (χ0) is 19.4. The van der Waals surface area contributed by atoms with Crippen LogP contribution in [0.2, 0.25) is 0 Å². The Balaban J connectivity index is 1.96. The summed E-state index contributed by atoms with van der Waals surface area (Å²) in [4.78, 5) is 10.2. The van der Waals surface area contributed by atoms with Crippen molar-refractivity contribution in [3.8, 4) is 11.5 Å². The predicted molar refractivity (Wildman–Crippen MR) is 98.1 cm³/mol. The van der Waals surface area contributed by atoms with Crippen LogP contribution < -0.4 is 9.47 Å². The van der Waals surface area contributed by atoms with Gasteiger partial charge >= 0.3 is 0 Å². The zero-order valence-electron chi connectivity index (χ0n) is 14.4. The SMILES string of the molecule is C=CCCN(Cc1ccc2c(c1)OCO2)S(=O)(=O)c1ccccc1[N+](=O)[O-]. The van der Waals surface area contributed by atoms with Gasteiger partial charge < -0.3 is 9.47 Å². The fourth-order valence-electron chi connectivity index (χ4n) is 2.73. The van der Waals surface area contributed by atoms with Crippen molar-refractivity contribution in [3.05, 3.63) is 70.8 Å². The quantitative estimate of drug-likeness (QED) is 0.390. The number of fused-ring (bicyclic) bond motifs is 1. The van der Waals surface area contributed by atoms with Gasteiger partial charge in [0, 0.05) is 19.2 Å². The third-order valence-electron chi connectivity index (χ3n) is 4.06. The highest BCUT2D eigenvalue weighted by molar-refractivity contribution is 7.89. The van der Waals surface area contributed by atoms with E-state index >= 15 is 0 Å². The van der Waals surface area contributed by atoms with Gasteiger partial charge in [0.15, 0.2) is 16.4 Å². The van der Waals surface area contributed by atoms with Crippen LogP contribution >= 0.6 is 0 Å². The molecular weight excluding hydrogens is 372 g/mol. The van der Waals surface area contributed by atoms with E-state index in [0.29, 0.717) is 23.5 Å². The first-order chi connectivity index (χ1) is 12.9. The summed E-state index contributed by atoms with van der Waals surface area (Å²) in [6.07, 6.45) is 2.01. The minimum atomic E-state index is -4.09. The number of hydrogen-bond acceptors (Lipinski definition) is 6. The van der Waals surface area contributed by atoms with Crippen LogP contribution in [0.1, 0.15) is 12.0 Å². The number of hydrogen-bond donors (Lipinski definition) is 0. The molecule has 0 spiro atoms. The van der Waals surface area contributed by atoms with Gasteiger partial charge in [0.2, 0.25) is 16.8 Å². The Morgan fingerprint density at radius 1 is 1.19 bits per heavy atom. The summed E-state index contributed by atoms with van der Waals surface area (Å²) in [5.41, 5.74) is 0.234. The van der Waals surface area contributed by atoms with Gasteiger partial charge in [-0.05, 0) is 30.2 Å². The molecule has 27 heavy (non-hydrogen) atoms. The van der Waals surface area contributed by atoms with Crippen molar-refractivity contribution in [2.75, 3.05) is 13.3 Å². The van der Waals surface area contributed by atoms with Crippen LogP contribution in [0.5, 0.6) is 11.5 Å². The van der Waals surface area contributed by atoms with Crippen molar-refractivity contribution < 1.29 is 22.8 Å². The number of ether oxygens (including phenoxy) is 2. The summed E-state index contributed by atoms with van der Waals surface area (Å²) in [5.74, 6) is 1.14. The second kappa shape index (κ2) is 7.77. The van der Waals surface area contributed by atoms with E-state index in [2.05, 4.69) is 6.58 Å². The molecule has 9 heteroatoms. The molecule has 0 saturated heterocycles. The first-order valence-electron chi connectivity index (χ1n) is 8.16. The van der Waals surface area contributed by atoms with E-state index in [-0.39, 0.29) is 24.8 Å². The van der Waals surface area contributed by atoms with E-state index < -0.39 is 20.6 Å². The molecule has 0 fully saturated rings. The van der Waals surface area contributed by atoms with Crippen molar-refractivity contribution in [1.29, 1.82) is 0 Å². The maximum atomic E-state index is 13.1. The van der Waals surface area contributed by atoms with E-state index in [0.717, 1.165) is 0 Å². The van der Waals surface area contributed by atoms with Gasteiger partial charge in [-0.2, -0.15) is 4.31 Å². The van der Waals surface area contributed by atoms with Gasteiger partial charge in [-0.1, -0.05) is 24.3 Å². The summed E-state index contributed by atoms with van der Waals surface area (Å²) in [6.45, 7) is 3.93. The molecule has 0 aliphatic carbocycles. The van der Waals surface area contributed by atoms with Gasteiger partial charge in [-0.3, -0.25) is 10.1 Å². The molecule has 0 N–H and O–H groups in total. The van der Waals surface area contributed by atoms with Crippen molar-refractivity contribution in [2.45, 2.75) is 17.9 Å². The van der Waals surface area contributed by atoms with Crippen molar-refractivity contribution in [3.63, 3.8) is 0 Å². The Labute approximate surface area is 156 Å². The molecule has 2 aromatic rings.